The Kier molecular flexibility index (Phi) is 2.59. The van der Waals surface area contributed by atoms with E-state index >= 15 is 0 Å². The van der Waals surface area contributed by atoms with E-state index in [-0.39, 0.29) is 6.04 Å². The molecule has 1 aromatic rings. The Hall–Kier alpha value is -0.820. The minimum Gasteiger partial charge on any atom is -0.327 e. The van der Waals surface area contributed by atoms with Crippen molar-refractivity contribution in [2.24, 2.45) is 5.73 Å². The smallest absolute Gasteiger partial charge is 0.0108 e. The predicted octanol–water partition coefficient (Wildman–Crippen LogP) is 2.94. The molecule has 1 atom stereocenters. The highest BCUT2D eigenvalue weighted by Gasteiger charge is 2.47. The molecule has 1 aliphatic rings. The molecule has 1 aliphatic carbocycles. The molecule has 1 unspecified atom stereocenters. The van der Waals surface area contributed by atoms with Gasteiger partial charge in [0.1, 0.15) is 0 Å². The lowest BCUT2D eigenvalue weighted by atomic mass is 9.87. The van der Waals surface area contributed by atoms with E-state index in [2.05, 4.69) is 39.0 Å². The van der Waals surface area contributed by atoms with Gasteiger partial charge < -0.3 is 5.73 Å². The molecule has 1 saturated carbocycles. The molecule has 1 fully saturated rings. The molecule has 2 N–H and O–H groups in total. The molecule has 0 bridgehead atoms. The minimum absolute atomic E-state index is 0.282. The van der Waals surface area contributed by atoms with Crippen LogP contribution in [0.3, 0.4) is 0 Å². The summed E-state index contributed by atoms with van der Waals surface area (Å²) in [5, 5.41) is 0. The molecule has 1 aromatic carbocycles. The quantitative estimate of drug-likeness (QED) is 0.803. The summed E-state index contributed by atoms with van der Waals surface area (Å²) in [6.07, 6.45) is 3.64. The van der Waals surface area contributed by atoms with Crippen LogP contribution in [0.1, 0.15) is 43.4 Å². The van der Waals surface area contributed by atoms with Crippen LogP contribution in [0.4, 0.5) is 0 Å². The fourth-order valence-corrected chi connectivity index (χ4v) is 2.54. The van der Waals surface area contributed by atoms with Crippen molar-refractivity contribution >= 4 is 0 Å². The Morgan fingerprint density at radius 2 is 2.07 bits per heavy atom. The predicted molar refractivity (Wildman–Crippen MR) is 65.1 cm³/mol. The molecule has 0 saturated heterocycles. The highest BCUT2D eigenvalue weighted by molar-refractivity contribution is 5.39. The summed E-state index contributed by atoms with van der Waals surface area (Å²) in [7, 11) is 0. The normalized spacial score (nSPS) is 20.0. The van der Waals surface area contributed by atoms with Crippen LogP contribution in [-0.4, -0.2) is 6.04 Å². The Morgan fingerprint density at radius 1 is 1.40 bits per heavy atom. The van der Waals surface area contributed by atoms with Gasteiger partial charge in [0.2, 0.25) is 0 Å². The Balaban J connectivity index is 2.35. The van der Waals surface area contributed by atoms with Gasteiger partial charge in [0.25, 0.3) is 0 Å². The van der Waals surface area contributed by atoms with Crippen LogP contribution in [0.25, 0.3) is 0 Å². The van der Waals surface area contributed by atoms with Gasteiger partial charge in [-0.25, -0.2) is 0 Å². The molecule has 82 valence electrons. The summed E-state index contributed by atoms with van der Waals surface area (Å²) in [5.74, 6) is 0. The maximum Gasteiger partial charge on any atom is 0.0108 e. The first-order valence-electron chi connectivity index (χ1n) is 5.96. The van der Waals surface area contributed by atoms with Crippen LogP contribution in [0.15, 0.2) is 18.2 Å². The first-order valence-corrected chi connectivity index (χ1v) is 5.96. The largest absolute Gasteiger partial charge is 0.327 e. The fraction of sp³-hybridized carbons (Fsp3) is 0.571. The summed E-state index contributed by atoms with van der Waals surface area (Å²) in [5.41, 5.74) is 10.7. The van der Waals surface area contributed by atoms with Crippen molar-refractivity contribution in [2.75, 3.05) is 0 Å². The Bertz CT molecular complexity index is 362. The molecule has 0 spiro atoms. The number of nitrogens with two attached hydrogens (primary N) is 1. The van der Waals surface area contributed by atoms with Gasteiger partial charge in [0, 0.05) is 11.5 Å². The van der Waals surface area contributed by atoms with Gasteiger partial charge in [-0.3, -0.25) is 0 Å². The third kappa shape index (κ3) is 1.69. The van der Waals surface area contributed by atoms with E-state index in [0.29, 0.717) is 5.41 Å². The van der Waals surface area contributed by atoms with Crippen molar-refractivity contribution in [1.82, 2.24) is 0 Å². The molecule has 1 nitrogen and oxygen atoms in total. The maximum atomic E-state index is 6.09. The van der Waals surface area contributed by atoms with E-state index in [1.165, 1.54) is 29.5 Å². The average Bonchev–Trinajstić information content (AvgIpc) is 2.98. The lowest BCUT2D eigenvalue weighted by Crippen LogP contribution is -2.31. The molecule has 0 aliphatic heterocycles. The van der Waals surface area contributed by atoms with Crippen LogP contribution in [0.5, 0.6) is 0 Å². The summed E-state index contributed by atoms with van der Waals surface area (Å²) in [6, 6.07) is 7.18. The molecule has 15 heavy (non-hydrogen) atoms. The van der Waals surface area contributed by atoms with Crippen molar-refractivity contribution in [3.05, 3.63) is 34.9 Å². The van der Waals surface area contributed by atoms with Gasteiger partial charge in [-0.15, -0.1) is 0 Å². The lowest BCUT2D eigenvalue weighted by Gasteiger charge is -2.21. The van der Waals surface area contributed by atoms with E-state index in [9.17, 15) is 0 Å². The van der Waals surface area contributed by atoms with Crippen molar-refractivity contribution < 1.29 is 0 Å². The maximum absolute atomic E-state index is 6.09. The van der Waals surface area contributed by atoms with Crippen molar-refractivity contribution in [2.45, 2.75) is 51.5 Å². The zero-order chi connectivity index (χ0) is 11.1. The minimum atomic E-state index is 0.282. The van der Waals surface area contributed by atoms with E-state index < -0.39 is 0 Å². The van der Waals surface area contributed by atoms with Crippen LogP contribution < -0.4 is 5.73 Å². The lowest BCUT2D eigenvalue weighted by molar-refractivity contribution is 0.556. The number of hydrogen-bond donors (Lipinski definition) is 1. The number of rotatable bonds is 3. The highest BCUT2D eigenvalue weighted by Crippen LogP contribution is 2.50. The second-order valence-electron chi connectivity index (χ2n) is 4.94. The summed E-state index contributed by atoms with van der Waals surface area (Å²) in [6.45, 7) is 6.55. The highest BCUT2D eigenvalue weighted by atomic mass is 14.7. The molecule has 0 aromatic heterocycles. The van der Waals surface area contributed by atoms with Gasteiger partial charge in [-0.1, -0.05) is 25.1 Å². The Labute approximate surface area is 92.7 Å². The zero-order valence-corrected chi connectivity index (χ0v) is 10.0. The molecule has 0 radical (unpaired) electrons. The first-order chi connectivity index (χ1) is 7.10. The summed E-state index contributed by atoms with van der Waals surface area (Å²) >= 11 is 0. The first kappa shape index (κ1) is 10.7. The second kappa shape index (κ2) is 3.64. The monoisotopic (exact) mass is 203 g/mol. The van der Waals surface area contributed by atoms with Gasteiger partial charge in [-0.2, -0.15) is 0 Å². The molecule has 2 rings (SSSR count). The third-order valence-electron chi connectivity index (χ3n) is 3.96. The molecular formula is C14H21N. The molecular weight excluding hydrogens is 182 g/mol. The van der Waals surface area contributed by atoms with Gasteiger partial charge in [0.05, 0.1) is 0 Å². The van der Waals surface area contributed by atoms with Gasteiger partial charge >= 0.3 is 0 Å². The fourth-order valence-electron chi connectivity index (χ4n) is 2.54. The molecule has 1 heteroatoms. The number of benzene rings is 1. The van der Waals surface area contributed by atoms with Crippen LogP contribution in [0.2, 0.25) is 0 Å². The average molecular weight is 203 g/mol. The van der Waals surface area contributed by atoms with Crippen LogP contribution in [-0.2, 0) is 11.8 Å². The van der Waals surface area contributed by atoms with Crippen molar-refractivity contribution in [3.8, 4) is 0 Å². The van der Waals surface area contributed by atoms with Crippen molar-refractivity contribution in [3.63, 3.8) is 0 Å². The van der Waals surface area contributed by atoms with Gasteiger partial charge in [-0.05, 0) is 49.8 Å². The topological polar surface area (TPSA) is 26.0 Å². The number of aryl methyl sites for hydroxylation is 2. The van der Waals surface area contributed by atoms with Crippen LogP contribution in [0, 0.1) is 6.92 Å². The molecule has 0 heterocycles. The van der Waals surface area contributed by atoms with Crippen LogP contribution >= 0.6 is 0 Å². The zero-order valence-electron chi connectivity index (χ0n) is 10.0. The number of hydrogen-bond acceptors (Lipinski definition) is 1. The standard InChI is InChI=1S/C14H21N/c1-4-12-5-6-13(9-10(12)2)14(7-8-14)11(3)15/h5-6,9,11H,4,7-8,15H2,1-3H3. The molecule has 0 amide bonds. The SMILES string of the molecule is CCc1ccc(C2(C(C)N)CC2)cc1C. The second-order valence-corrected chi connectivity index (χ2v) is 4.94. The van der Waals surface area contributed by atoms with E-state index in [1.54, 1.807) is 0 Å². The third-order valence-corrected chi connectivity index (χ3v) is 3.96. The Morgan fingerprint density at radius 3 is 2.47 bits per heavy atom. The summed E-state index contributed by atoms with van der Waals surface area (Å²) in [4.78, 5) is 0. The van der Waals surface area contributed by atoms with E-state index in [1.807, 2.05) is 0 Å². The van der Waals surface area contributed by atoms with E-state index in [4.69, 9.17) is 5.73 Å². The van der Waals surface area contributed by atoms with Crippen molar-refractivity contribution in [1.29, 1.82) is 0 Å². The summed E-state index contributed by atoms with van der Waals surface area (Å²) < 4.78 is 0. The van der Waals surface area contributed by atoms with Gasteiger partial charge in [0.15, 0.2) is 0 Å². The van der Waals surface area contributed by atoms with E-state index in [0.717, 1.165) is 6.42 Å².